The molecule has 7 nitrogen and oxygen atoms in total. The number of nitrogens with one attached hydrogen (secondary N) is 1. The molecule has 0 saturated carbocycles. The number of benzene rings is 2. The van der Waals surface area contributed by atoms with Crippen LogP contribution in [-0.2, 0) is 9.53 Å². The lowest BCUT2D eigenvalue weighted by Crippen LogP contribution is -2.36. The largest absolute Gasteiger partial charge is 0.464 e. The van der Waals surface area contributed by atoms with Crippen LogP contribution in [0, 0.1) is 0 Å². The van der Waals surface area contributed by atoms with Crippen molar-refractivity contribution in [3.63, 3.8) is 0 Å². The third-order valence-corrected chi connectivity index (χ3v) is 4.66. The van der Waals surface area contributed by atoms with Crippen LogP contribution in [0.3, 0.4) is 0 Å². The first-order chi connectivity index (χ1) is 12.8. The van der Waals surface area contributed by atoms with Crippen LogP contribution in [0.25, 0.3) is 10.8 Å². The highest BCUT2D eigenvalue weighted by molar-refractivity contribution is 6.99. The van der Waals surface area contributed by atoms with Gasteiger partial charge in [0, 0.05) is 24.2 Å². The SMILES string of the molecule is O=C(COc1nsnc1N1CCOCC1)Nc1cccc2ccccc12. The summed E-state index contributed by atoms with van der Waals surface area (Å²) in [6.07, 6.45) is 0. The first-order valence-corrected chi connectivity index (χ1v) is 9.10. The molecule has 0 spiro atoms. The van der Waals surface area contributed by atoms with Crippen molar-refractivity contribution in [3.8, 4) is 5.88 Å². The van der Waals surface area contributed by atoms with E-state index < -0.39 is 0 Å². The molecule has 1 amide bonds. The molecule has 2 aromatic carbocycles. The summed E-state index contributed by atoms with van der Waals surface area (Å²) < 4.78 is 19.4. The van der Waals surface area contributed by atoms with E-state index >= 15 is 0 Å². The van der Waals surface area contributed by atoms with Crippen molar-refractivity contribution in [1.29, 1.82) is 0 Å². The molecule has 0 atom stereocenters. The lowest BCUT2D eigenvalue weighted by molar-refractivity contribution is -0.118. The summed E-state index contributed by atoms with van der Waals surface area (Å²) in [7, 11) is 0. The molecule has 1 aliphatic rings. The number of fused-ring (bicyclic) bond motifs is 1. The predicted octanol–water partition coefficient (Wildman–Crippen LogP) is 2.55. The second-order valence-electron chi connectivity index (χ2n) is 5.86. The van der Waals surface area contributed by atoms with Crippen molar-refractivity contribution in [2.24, 2.45) is 0 Å². The number of rotatable bonds is 5. The lowest BCUT2D eigenvalue weighted by atomic mass is 10.1. The van der Waals surface area contributed by atoms with Crippen LogP contribution in [0.2, 0.25) is 0 Å². The van der Waals surface area contributed by atoms with Gasteiger partial charge in [-0.05, 0) is 11.5 Å². The van der Waals surface area contributed by atoms with Crippen LogP contribution in [0.15, 0.2) is 42.5 Å². The molecule has 4 rings (SSSR count). The Labute approximate surface area is 154 Å². The number of hydrogen-bond acceptors (Lipinski definition) is 7. The highest BCUT2D eigenvalue weighted by Crippen LogP contribution is 2.26. The number of aromatic nitrogens is 2. The third kappa shape index (κ3) is 3.61. The van der Waals surface area contributed by atoms with Crippen LogP contribution in [0.1, 0.15) is 0 Å². The van der Waals surface area contributed by atoms with E-state index in [-0.39, 0.29) is 12.5 Å². The Hall–Kier alpha value is -2.71. The fourth-order valence-corrected chi connectivity index (χ4v) is 3.41. The van der Waals surface area contributed by atoms with Gasteiger partial charge in [-0.1, -0.05) is 36.4 Å². The van der Waals surface area contributed by atoms with Gasteiger partial charge in [-0.3, -0.25) is 4.79 Å². The van der Waals surface area contributed by atoms with Crippen LogP contribution < -0.4 is 15.0 Å². The summed E-state index contributed by atoms with van der Waals surface area (Å²) in [4.78, 5) is 14.4. The van der Waals surface area contributed by atoms with Crippen LogP contribution in [-0.4, -0.2) is 47.6 Å². The van der Waals surface area contributed by atoms with Gasteiger partial charge in [0.05, 0.1) is 24.9 Å². The zero-order valence-electron chi connectivity index (χ0n) is 14.1. The molecule has 0 unspecified atom stereocenters. The zero-order chi connectivity index (χ0) is 17.8. The fourth-order valence-electron chi connectivity index (χ4n) is 2.89. The maximum absolute atomic E-state index is 12.3. The molecule has 8 heteroatoms. The van der Waals surface area contributed by atoms with Gasteiger partial charge in [0.15, 0.2) is 6.61 Å². The average Bonchev–Trinajstić information content (AvgIpc) is 3.16. The minimum atomic E-state index is -0.234. The van der Waals surface area contributed by atoms with E-state index in [9.17, 15) is 4.79 Å². The Kier molecular flexibility index (Phi) is 4.94. The first kappa shape index (κ1) is 16.7. The van der Waals surface area contributed by atoms with Gasteiger partial charge in [-0.15, -0.1) is 4.37 Å². The summed E-state index contributed by atoms with van der Waals surface area (Å²) in [6, 6.07) is 13.7. The molecule has 1 fully saturated rings. The number of hydrogen-bond donors (Lipinski definition) is 1. The van der Waals surface area contributed by atoms with Crippen LogP contribution >= 0.6 is 11.7 Å². The van der Waals surface area contributed by atoms with E-state index in [2.05, 4.69) is 19.0 Å². The molecule has 2 heterocycles. The van der Waals surface area contributed by atoms with E-state index in [1.54, 1.807) is 0 Å². The molecule has 0 bridgehead atoms. The second kappa shape index (κ2) is 7.67. The van der Waals surface area contributed by atoms with Gasteiger partial charge in [0.2, 0.25) is 5.82 Å². The zero-order valence-corrected chi connectivity index (χ0v) is 14.9. The van der Waals surface area contributed by atoms with Crippen molar-refractivity contribution >= 4 is 39.9 Å². The molecule has 0 aliphatic carbocycles. The van der Waals surface area contributed by atoms with E-state index in [0.717, 1.165) is 41.3 Å². The Balaban J connectivity index is 1.41. The van der Waals surface area contributed by atoms with Crippen LogP contribution in [0.4, 0.5) is 11.5 Å². The van der Waals surface area contributed by atoms with E-state index in [4.69, 9.17) is 9.47 Å². The minimum absolute atomic E-state index is 0.119. The lowest BCUT2D eigenvalue weighted by Gasteiger charge is -2.26. The van der Waals surface area contributed by atoms with Crippen LogP contribution in [0.5, 0.6) is 5.88 Å². The summed E-state index contributed by atoms with van der Waals surface area (Å²) in [6.45, 7) is 2.66. The van der Waals surface area contributed by atoms with E-state index in [0.29, 0.717) is 24.9 Å². The summed E-state index contributed by atoms with van der Waals surface area (Å²) in [5.41, 5.74) is 0.765. The molecule has 1 aromatic heterocycles. The molecule has 1 N–H and O–H groups in total. The van der Waals surface area contributed by atoms with E-state index in [1.165, 1.54) is 0 Å². The number of nitrogens with zero attached hydrogens (tertiary/aromatic N) is 3. The average molecular weight is 370 g/mol. The van der Waals surface area contributed by atoms with Gasteiger partial charge >= 0.3 is 0 Å². The number of anilines is 2. The van der Waals surface area contributed by atoms with Crippen molar-refractivity contribution in [2.75, 3.05) is 43.1 Å². The van der Waals surface area contributed by atoms with Crippen molar-refractivity contribution in [1.82, 2.24) is 8.75 Å². The van der Waals surface area contributed by atoms with E-state index in [1.807, 2.05) is 42.5 Å². The molecule has 1 saturated heterocycles. The van der Waals surface area contributed by atoms with Gasteiger partial charge < -0.3 is 19.7 Å². The number of carbonyl (C=O) groups excluding carboxylic acids is 1. The minimum Gasteiger partial charge on any atom is -0.464 e. The maximum atomic E-state index is 12.3. The van der Waals surface area contributed by atoms with Gasteiger partial charge in [0.25, 0.3) is 11.8 Å². The molecule has 134 valence electrons. The number of carbonyl (C=O) groups is 1. The molecule has 0 radical (unpaired) electrons. The van der Waals surface area contributed by atoms with Crippen molar-refractivity contribution in [2.45, 2.75) is 0 Å². The number of morpholine rings is 1. The Morgan fingerprint density at radius 2 is 1.96 bits per heavy atom. The maximum Gasteiger partial charge on any atom is 0.271 e. The molecule has 1 aliphatic heterocycles. The molecular formula is C18H18N4O3S. The molecule has 26 heavy (non-hydrogen) atoms. The highest BCUT2D eigenvalue weighted by Gasteiger charge is 2.20. The number of amides is 1. The summed E-state index contributed by atoms with van der Waals surface area (Å²) in [5, 5.41) is 4.97. The number of ether oxygens (including phenoxy) is 2. The van der Waals surface area contributed by atoms with Gasteiger partial charge in [0.1, 0.15) is 0 Å². The summed E-state index contributed by atoms with van der Waals surface area (Å²) >= 11 is 1.08. The molecular weight excluding hydrogens is 352 g/mol. The first-order valence-electron chi connectivity index (χ1n) is 8.37. The molecule has 3 aromatic rings. The van der Waals surface area contributed by atoms with Crippen molar-refractivity contribution < 1.29 is 14.3 Å². The fraction of sp³-hybridized carbons (Fsp3) is 0.278. The normalized spacial score (nSPS) is 14.4. The summed E-state index contributed by atoms with van der Waals surface area (Å²) in [5.74, 6) is 0.837. The smallest absolute Gasteiger partial charge is 0.271 e. The Bertz CT molecular complexity index is 903. The standard InChI is InChI=1S/C18H18N4O3S/c23-16(19-15-7-3-5-13-4-1-2-6-14(13)15)12-25-18-17(20-26-21-18)22-8-10-24-11-9-22/h1-7H,8-12H2,(H,19,23). The second-order valence-corrected chi connectivity index (χ2v) is 6.38. The highest BCUT2D eigenvalue weighted by atomic mass is 32.1. The van der Waals surface area contributed by atoms with Gasteiger partial charge in [-0.25, -0.2) is 0 Å². The quantitative estimate of drug-likeness (QED) is 0.744. The third-order valence-electron chi connectivity index (χ3n) is 4.16. The topological polar surface area (TPSA) is 76.6 Å². The van der Waals surface area contributed by atoms with Gasteiger partial charge in [-0.2, -0.15) is 4.37 Å². The predicted molar refractivity (Wildman–Crippen MR) is 101 cm³/mol. The van der Waals surface area contributed by atoms with Crippen molar-refractivity contribution in [3.05, 3.63) is 42.5 Å². The Morgan fingerprint density at radius 1 is 1.15 bits per heavy atom. The monoisotopic (exact) mass is 370 g/mol. The Morgan fingerprint density at radius 3 is 2.85 bits per heavy atom.